The molecule has 2 unspecified atom stereocenters. The zero-order chi connectivity index (χ0) is 16.7. The van der Waals surface area contributed by atoms with Crippen LogP contribution in [0.1, 0.15) is 19.8 Å². The van der Waals surface area contributed by atoms with Gasteiger partial charge in [0.15, 0.2) is 12.7 Å². The lowest BCUT2D eigenvalue weighted by Crippen LogP contribution is -2.30. The highest BCUT2D eigenvalue weighted by atomic mass is 16.6. The molecule has 0 radical (unpaired) electrons. The molecule has 0 aliphatic carbocycles. The van der Waals surface area contributed by atoms with Crippen LogP contribution in [0.3, 0.4) is 0 Å². The zero-order valence-corrected chi connectivity index (χ0v) is 13.0. The standard InChI is InChI=1S/C16H21NO6/c1-11(22-9-14-3-2-8-21-14)16(20)23-10-15(19)17-12-4-6-13(18)7-5-12/h4-7,11,14,18H,2-3,8-10H2,1H3,(H,17,19). The molecular formula is C16H21NO6. The fourth-order valence-corrected chi connectivity index (χ4v) is 2.09. The summed E-state index contributed by atoms with van der Waals surface area (Å²) >= 11 is 0. The van der Waals surface area contributed by atoms with Gasteiger partial charge in [0.1, 0.15) is 5.75 Å². The molecule has 2 rings (SSSR count). The number of esters is 1. The summed E-state index contributed by atoms with van der Waals surface area (Å²) in [5.74, 6) is -0.953. The number of ether oxygens (including phenoxy) is 3. The van der Waals surface area contributed by atoms with Crippen LogP contribution in [0.4, 0.5) is 5.69 Å². The van der Waals surface area contributed by atoms with Crippen LogP contribution in [0.25, 0.3) is 0 Å². The number of hydrogen-bond acceptors (Lipinski definition) is 6. The first-order valence-electron chi connectivity index (χ1n) is 7.53. The van der Waals surface area contributed by atoms with Crippen molar-refractivity contribution >= 4 is 17.6 Å². The predicted molar refractivity (Wildman–Crippen MR) is 82.1 cm³/mol. The number of aromatic hydroxyl groups is 1. The molecule has 1 heterocycles. The smallest absolute Gasteiger partial charge is 0.335 e. The molecule has 0 aromatic heterocycles. The summed E-state index contributed by atoms with van der Waals surface area (Å²) in [5.41, 5.74) is 0.506. The molecule has 0 spiro atoms. The summed E-state index contributed by atoms with van der Waals surface area (Å²) in [6.07, 6.45) is 1.21. The molecule has 0 bridgehead atoms. The largest absolute Gasteiger partial charge is 0.508 e. The Hall–Kier alpha value is -2.12. The molecule has 1 saturated heterocycles. The third-order valence-electron chi connectivity index (χ3n) is 3.38. The molecule has 126 valence electrons. The summed E-state index contributed by atoms with van der Waals surface area (Å²) < 4.78 is 15.7. The highest BCUT2D eigenvalue weighted by molar-refractivity contribution is 5.93. The number of carbonyl (C=O) groups excluding carboxylic acids is 2. The SMILES string of the molecule is CC(OCC1CCCO1)C(=O)OCC(=O)Nc1ccc(O)cc1. The van der Waals surface area contributed by atoms with Crippen LogP contribution in [0, 0.1) is 0 Å². The predicted octanol–water partition coefficient (Wildman–Crippen LogP) is 1.46. The van der Waals surface area contributed by atoms with E-state index >= 15 is 0 Å². The molecule has 1 aromatic rings. The fourth-order valence-electron chi connectivity index (χ4n) is 2.09. The number of phenolic OH excluding ortho intramolecular Hbond substituents is 1. The van der Waals surface area contributed by atoms with Crippen LogP contribution in [0.2, 0.25) is 0 Å². The van der Waals surface area contributed by atoms with Gasteiger partial charge in [-0.25, -0.2) is 4.79 Å². The number of hydrogen-bond donors (Lipinski definition) is 2. The molecule has 1 aromatic carbocycles. The Labute approximate surface area is 134 Å². The quantitative estimate of drug-likeness (QED) is 0.583. The summed E-state index contributed by atoms with van der Waals surface area (Å²) in [6, 6.07) is 5.98. The first kappa shape index (κ1) is 17.2. The fraction of sp³-hybridized carbons (Fsp3) is 0.500. The lowest BCUT2D eigenvalue weighted by Gasteiger charge is -2.15. The normalized spacial score (nSPS) is 18.4. The van der Waals surface area contributed by atoms with Gasteiger partial charge in [-0.2, -0.15) is 0 Å². The van der Waals surface area contributed by atoms with Gasteiger partial charge in [0.25, 0.3) is 5.91 Å². The van der Waals surface area contributed by atoms with Crippen molar-refractivity contribution in [2.24, 2.45) is 0 Å². The van der Waals surface area contributed by atoms with Crippen LogP contribution in [-0.2, 0) is 23.8 Å². The Bertz CT molecular complexity index is 524. The first-order chi connectivity index (χ1) is 11.0. The second kappa shape index (κ2) is 8.50. The van der Waals surface area contributed by atoms with Crippen molar-refractivity contribution in [1.29, 1.82) is 0 Å². The van der Waals surface area contributed by atoms with Crippen molar-refractivity contribution < 1.29 is 28.9 Å². The van der Waals surface area contributed by atoms with E-state index in [0.717, 1.165) is 19.4 Å². The van der Waals surface area contributed by atoms with Gasteiger partial charge in [0.05, 0.1) is 12.7 Å². The van der Waals surface area contributed by atoms with E-state index in [1.807, 2.05) is 0 Å². The average molecular weight is 323 g/mol. The third-order valence-corrected chi connectivity index (χ3v) is 3.38. The lowest BCUT2D eigenvalue weighted by molar-refractivity contribution is -0.159. The van der Waals surface area contributed by atoms with Crippen molar-refractivity contribution in [2.75, 3.05) is 25.1 Å². The van der Waals surface area contributed by atoms with E-state index in [4.69, 9.17) is 19.3 Å². The van der Waals surface area contributed by atoms with E-state index in [9.17, 15) is 9.59 Å². The second-order valence-corrected chi connectivity index (χ2v) is 5.31. The number of anilines is 1. The zero-order valence-electron chi connectivity index (χ0n) is 13.0. The Morgan fingerprint density at radius 1 is 1.39 bits per heavy atom. The maximum absolute atomic E-state index is 11.7. The van der Waals surface area contributed by atoms with Gasteiger partial charge in [-0.05, 0) is 44.0 Å². The summed E-state index contributed by atoms with van der Waals surface area (Å²) in [6.45, 7) is 2.25. The third kappa shape index (κ3) is 5.88. The van der Waals surface area contributed by atoms with Crippen molar-refractivity contribution in [3.8, 4) is 5.75 Å². The number of carbonyl (C=O) groups is 2. The Morgan fingerprint density at radius 2 is 2.13 bits per heavy atom. The summed E-state index contributed by atoms with van der Waals surface area (Å²) in [7, 11) is 0. The monoisotopic (exact) mass is 323 g/mol. The van der Waals surface area contributed by atoms with E-state index in [-0.39, 0.29) is 11.9 Å². The number of nitrogens with one attached hydrogen (secondary N) is 1. The Morgan fingerprint density at radius 3 is 2.78 bits per heavy atom. The van der Waals surface area contributed by atoms with Crippen LogP contribution < -0.4 is 5.32 Å². The molecule has 1 amide bonds. The highest BCUT2D eigenvalue weighted by Crippen LogP contribution is 2.14. The van der Waals surface area contributed by atoms with Gasteiger partial charge >= 0.3 is 5.97 Å². The molecule has 2 atom stereocenters. The number of phenols is 1. The molecule has 1 aliphatic rings. The number of benzene rings is 1. The van der Waals surface area contributed by atoms with Gasteiger partial charge in [0, 0.05) is 12.3 Å². The van der Waals surface area contributed by atoms with Crippen molar-refractivity contribution in [3.63, 3.8) is 0 Å². The van der Waals surface area contributed by atoms with Crippen molar-refractivity contribution in [2.45, 2.75) is 32.0 Å². The van der Waals surface area contributed by atoms with Gasteiger partial charge in [-0.15, -0.1) is 0 Å². The number of amides is 1. The Kier molecular flexibility index (Phi) is 6.37. The molecule has 23 heavy (non-hydrogen) atoms. The van der Waals surface area contributed by atoms with E-state index in [2.05, 4.69) is 5.32 Å². The van der Waals surface area contributed by atoms with E-state index < -0.39 is 24.6 Å². The van der Waals surface area contributed by atoms with Crippen LogP contribution in [0.5, 0.6) is 5.75 Å². The first-order valence-corrected chi connectivity index (χ1v) is 7.53. The average Bonchev–Trinajstić information content (AvgIpc) is 3.06. The number of rotatable bonds is 7. The molecule has 0 saturated carbocycles. The molecule has 2 N–H and O–H groups in total. The molecule has 7 nitrogen and oxygen atoms in total. The minimum atomic E-state index is -0.749. The van der Waals surface area contributed by atoms with Crippen molar-refractivity contribution in [3.05, 3.63) is 24.3 Å². The minimum Gasteiger partial charge on any atom is -0.508 e. The van der Waals surface area contributed by atoms with Crippen molar-refractivity contribution in [1.82, 2.24) is 0 Å². The maximum atomic E-state index is 11.7. The van der Waals surface area contributed by atoms with Crippen LogP contribution in [-0.4, -0.2) is 49.0 Å². The van der Waals surface area contributed by atoms with Crippen LogP contribution in [0.15, 0.2) is 24.3 Å². The van der Waals surface area contributed by atoms with Gasteiger partial charge in [-0.3, -0.25) is 4.79 Å². The highest BCUT2D eigenvalue weighted by Gasteiger charge is 2.21. The molecule has 7 heteroatoms. The minimum absolute atomic E-state index is 0.0306. The summed E-state index contributed by atoms with van der Waals surface area (Å²) in [5, 5.41) is 11.7. The maximum Gasteiger partial charge on any atom is 0.335 e. The van der Waals surface area contributed by atoms with Gasteiger partial charge in [-0.1, -0.05) is 0 Å². The molecule has 1 fully saturated rings. The van der Waals surface area contributed by atoms with Gasteiger partial charge < -0.3 is 24.6 Å². The topological polar surface area (TPSA) is 94.1 Å². The van der Waals surface area contributed by atoms with Crippen LogP contribution >= 0.6 is 0 Å². The Balaban J connectivity index is 1.66. The second-order valence-electron chi connectivity index (χ2n) is 5.31. The van der Waals surface area contributed by atoms with E-state index in [1.54, 1.807) is 19.1 Å². The van der Waals surface area contributed by atoms with E-state index in [0.29, 0.717) is 12.3 Å². The molecular weight excluding hydrogens is 302 g/mol. The summed E-state index contributed by atoms with van der Waals surface area (Å²) in [4.78, 5) is 23.4. The van der Waals surface area contributed by atoms with E-state index in [1.165, 1.54) is 12.1 Å². The van der Waals surface area contributed by atoms with Gasteiger partial charge in [0.2, 0.25) is 0 Å². The molecule has 1 aliphatic heterocycles. The lowest BCUT2D eigenvalue weighted by atomic mass is 10.2.